The predicted octanol–water partition coefficient (Wildman–Crippen LogP) is 4.96. The lowest BCUT2D eigenvalue weighted by Gasteiger charge is -2.23. The molecule has 0 radical (unpaired) electrons. The minimum atomic E-state index is -0.882. The summed E-state index contributed by atoms with van der Waals surface area (Å²) in [6.07, 6.45) is 10.4. The van der Waals surface area contributed by atoms with Crippen molar-refractivity contribution < 1.29 is 19.4 Å². The predicted molar refractivity (Wildman–Crippen MR) is 124 cm³/mol. The first-order valence-corrected chi connectivity index (χ1v) is 11.7. The zero-order valence-corrected chi connectivity index (χ0v) is 18.9. The largest absolute Gasteiger partial charge is 0.477 e. The number of benzene rings is 1. The molecule has 3 rings (SSSR count). The maximum Gasteiger partial charge on any atom is 0.345 e. The molecule has 0 aliphatic carbocycles. The monoisotopic (exact) mass is 441 g/mol. The van der Waals surface area contributed by atoms with E-state index < -0.39 is 5.97 Å². The molecule has 1 aliphatic heterocycles. The minimum absolute atomic E-state index is 0.0572. The highest BCUT2D eigenvalue weighted by atomic mass is 32.1. The molecule has 1 N–H and O–H groups in total. The van der Waals surface area contributed by atoms with Gasteiger partial charge in [0.25, 0.3) is 0 Å². The lowest BCUT2D eigenvalue weighted by molar-refractivity contribution is -0.128. The Balaban J connectivity index is 1.46. The fourth-order valence-corrected chi connectivity index (χ4v) is 4.88. The summed E-state index contributed by atoms with van der Waals surface area (Å²) >= 11 is 1.31. The van der Waals surface area contributed by atoms with Gasteiger partial charge in [-0.2, -0.15) is 0 Å². The van der Waals surface area contributed by atoms with Crippen LogP contribution in [-0.2, 0) is 22.4 Å². The van der Waals surface area contributed by atoms with Gasteiger partial charge in [0, 0.05) is 25.0 Å². The van der Waals surface area contributed by atoms with Crippen molar-refractivity contribution in [3.05, 3.63) is 69.9 Å². The Morgan fingerprint density at radius 1 is 1.23 bits per heavy atom. The molecule has 0 spiro atoms. The second kappa shape index (κ2) is 11.8. The molecule has 1 aliphatic rings. The highest BCUT2D eigenvalue weighted by Crippen LogP contribution is 2.23. The average Bonchev–Trinajstić information content (AvgIpc) is 3.39. The molecule has 2 unspecified atom stereocenters. The first-order valence-electron chi connectivity index (χ1n) is 10.9. The van der Waals surface area contributed by atoms with E-state index in [-0.39, 0.29) is 18.1 Å². The number of carboxylic acids is 1. The van der Waals surface area contributed by atoms with E-state index in [2.05, 4.69) is 36.4 Å². The number of carbonyl (C=O) groups excluding carboxylic acids is 1. The van der Waals surface area contributed by atoms with Crippen molar-refractivity contribution in [2.24, 2.45) is 0 Å². The van der Waals surface area contributed by atoms with Gasteiger partial charge in [-0.1, -0.05) is 42.5 Å². The van der Waals surface area contributed by atoms with Gasteiger partial charge in [-0.05, 0) is 56.2 Å². The van der Waals surface area contributed by atoms with E-state index in [9.17, 15) is 9.59 Å². The zero-order valence-electron chi connectivity index (χ0n) is 18.0. The van der Waals surface area contributed by atoms with Crippen LogP contribution < -0.4 is 0 Å². The van der Waals surface area contributed by atoms with Crippen molar-refractivity contribution in [3.63, 3.8) is 0 Å². The highest BCUT2D eigenvalue weighted by Gasteiger charge is 2.28. The van der Waals surface area contributed by atoms with Crippen molar-refractivity contribution in [1.29, 1.82) is 0 Å². The Hall–Kier alpha value is -2.44. The first kappa shape index (κ1) is 23.2. The van der Waals surface area contributed by atoms with Crippen molar-refractivity contribution in [3.8, 4) is 0 Å². The number of aryl methyl sites for hydroxylation is 2. The summed E-state index contributed by atoms with van der Waals surface area (Å²) in [7, 11) is 1.74. The van der Waals surface area contributed by atoms with E-state index in [0.717, 1.165) is 43.4 Å². The van der Waals surface area contributed by atoms with Gasteiger partial charge in [0.15, 0.2) is 0 Å². The van der Waals surface area contributed by atoms with Gasteiger partial charge in [0.05, 0.1) is 12.1 Å². The molecule has 1 aromatic carbocycles. The van der Waals surface area contributed by atoms with E-state index in [0.29, 0.717) is 17.8 Å². The third-order valence-electron chi connectivity index (χ3n) is 5.72. The van der Waals surface area contributed by atoms with E-state index >= 15 is 0 Å². The van der Waals surface area contributed by atoms with Gasteiger partial charge in [0.2, 0.25) is 5.91 Å². The maximum absolute atomic E-state index is 12.3. The fourth-order valence-electron chi connectivity index (χ4n) is 3.99. The van der Waals surface area contributed by atoms with Gasteiger partial charge in [-0.15, -0.1) is 11.3 Å². The number of methoxy groups -OCH3 is 1. The number of hydrogen-bond donors (Lipinski definition) is 1. The Morgan fingerprint density at radius 3 is 2.74 bits per heavy atom. The van der Waals surface area contributed by atoms with E-state index in [4.69, 9.17) is 9.84 Å². The molecule has 2 atom stereocenters. The summed E-state index contributed by atoms with van der Waals surface area (Å²) in [6.45, 7) is 0.694. The molecule has 1 amide bonds. The second-order valence-electron chi connectivity index (χ2n) is 7.90. The van der Waals surface area contributed by atoms with Crippen LogP contribution in [0.5, 0.6) is 0 Å². The molecule has 1 aromatic heterocycles. The number of hydrogen-bond acceptors (Lipinski definition) is 4. The first-order chi connectivity index (χ1) is 15.1. The molecule has 5 nitrogen and oxygen atoms in total. The third kappa shape index (κ3) is 7.04. The van der Waals surface area contributed by atoms with Crippen molar-refractivity contribution in [2.45, 2.75) is 57.1 Å². The molecule has 166 valence electrons. The number of carbonyl (C=O) groups is 2. The van der Waals surface area contributed by atoms with Crippen LogP contribution >= 0.6 is 11.3 Å². The zero-order chi connectivity index (χ0) is 22.1. The summed E-state index contributed by atoms with van der Waals surface area (Å²) in [5, 5.41) is 9.04. The Bertz CT molecular complexity index is 877. The number of amides is 1. The van der Waals surface area contributed by atoms with Crippen LogP contribution in [0.4, 0.5) is 0 Å². The van der Waals surface area contributed by atoms with Crippen LogP contribution in [0.25, 0.3) is 0 Å². The Morgan fingerprint density at radius 2 is 2.03 bits per heavy atom. The molecule has 0 bridgehead atoms. The number of thiophene rings is 1. The smallest absolute Gasteiger partial charge is 0.345 e. The maximum atomic E-state index is 12.3. The van der Waals surface area contributed by atoms with Gasteiger partial charge in [-0.3, -0.25) is 4.79 Å². The normalized spacial score (nSPS) is 17.5. The Labute approximate surface area is 188 Å². The Kier molecular flexibility index (Phi) is 8.85. The van der Waals surface area contributed by atoms with Gasteiger partial charge < -0.3 is 14.7 Å². The van der Waals surface area contributed by atoms with E-state index in [1.807, 2.05) is 17.0 Å². The summed E-state index contributed by atoms with van der Waals surface area (Å²) in [5.41, 5.74) is 1.34. The van der Waals surface area contributed by atoms with Crippen LogP contribution in [0.2, 0.25) is 0 Å². The highest BCUT2D eigenvalue weighted by molar-refractivity contribution is 7.13. The molecule has 2 heterocycles. The van der Waals surface area contributed by atoms with E-state index in [1.165, 1.54) is 16.9 Å². The quantitative estimate of drug-likeness (QED) is 0.473. The molecule has 31 heavy (non-hydrogen) atoms. The van der Waals surface area contributed by atoms with Crippen molar-refractivity contribution in [2.75, 3.05) is 13.7 Å². The third-order valence-corrected chi connectivity index (χ3v) is 6.85. The molecule has 6 heteroatoms. The summed E-state index contributed by atoms with van der Waals surface area (Å²) in [6, 6.07) is 14.1. The average molecular weight is 442 g/mol. The lowest BCUT2D eigenvalue weighted by atomic mass is 10.0. The van der Waals surface area contributed by atoms with Crippen LogP contribution in [0, 0.1) is 0 Å². The minimum Gasteiger partial charge on any atom is -0.477 e. The topological polar surface area (TPSA) is 66.8 Å². The number of carboxylic acid groups (broad SMARTS) is 1. The van der Waals surface area contributed by atoms with Gasteiger partial charge >= 0.3 is 5.97 Å². The second-order valence-corrected chi connectivity index (χ2v) is 9.07. The van der Waals surface area contributed by atoms with Gasteiger partial charge in [-0.25, -0.2) is 4.79 Å². The van der Waals surface area contributed by atoms with Gasteiger partial charge in [0.1, 0.15) is 4.88 Å². The number of aromatic carboxylic acids is 1. The number of rotatable bonds is 12. The van der Waals surface area contributed by atoms with Crippen molar-refractivity contribution in [1.82, 2.24) is 4.90 Å². The summed E-state index contributed by atoms with van der Waals surface area (Å²) < 4.78 is 5.63. The van der Waals surface area contributed by atoms with E-state index in [1.54, 1.807) is 13.2 Å². The van der Waals surface area contributed by atoms with Crippen LogP contribution in [0.3, 0.4) is 0 Å². The number of nitrogens with zero attached hydrogens (tertiary/aromatic N) is 1. The number of ether oxygens (including phenoxy) is 1. The standard InChI is InChI=1S/C25H31NO4S/c1-30-21(10-5-9-19-7-3-2-4-8-19)14-12-20-13-17-24(27)26(20)18-6-11-22-15-16-23(31-22)25(28)29/h2-4,7-8,12,14-16,20-21H,5-6,9-11,13,17-18H2,1H3,(H,28,29)/b14-12+. The molecule has 0 saturated carbocycles. The number of likely N-dealkylation sites (tertiary alicyclic amines) is 1. The van der Waals surface area contributed by atoms with Crippen molar-refractivity contribution >= 4 is 23.2 Å². The molecule has 1 saturated heterocycles. The molecule has 2 aromatic rings. The van der Waals surface area contributed by atoms with Crippen LogP contribution in [0.1, 0.15) is 52.2 Å². The molecule has 1 fully saturated rings. The summed E-state index contributed by atoms with van der Waals surface area (Å²) in [4.78, 5) is 26.7. The van der Waals surface area contributed by atoms with Crippen LogP contribution in [-0.4, -0.2) is 47.7 Å². The fraction of sp³-hybridized carbons (Fsp3) is 0.440. The lowest BCUT2D eigenvalue weighted by Crippen LogP contribution is -2.33. The van der Waals surface area contributed by atoms with Crippen LogP contribution in [0.15, 0.2) is 54.6 Å². The molecular weight excluding hydrogens is 410 g/mol. The molecular formula is C25H31NO4S. The SMILES string of the molecule is COC(/C=C/C1CCC(=O)N1CCCc1ccc(C(=O)O)s1)CCCc1ccccc1. The summed E-state index contributed by atoms with van der Waals surface area (Å²) in [5.74, 6) is -0.683.